The Morgan fingerprint density at radius 1 is 1.17 bits per heavy atom. The highest BCUT2D eigenvalue weighted by molar-refractivity contribution is 5.98. The standard InChI is InChI=1S/C18H15F3N2O6/c1-10(29-17(25)11-4-3-5-12(8-11)18(19,20)21)16(24)22-14-9-13(23(26)27)6-7-15(14)28-2/h3-10H,1-2H3,(H,22,24)/t10-/m0/s1. The van der Waals surface area contributed by atoms with Gasteiger partial charge in [0.1, 0.15) is 5.75 Å². The molecule has 0 aliphatic heterocycles. The van der Waals surface area contributed by atoms with Crippen LogP contribution < -0.4 is 10.1 Å². The van der Waals surface area contributed by atoms with Crippen LogP contribution in [-0.4, -0.2) is 30.0 Å². The number of carbonyl (C=O) groups excluding carboxylic acids is 2. The minimum absolute atomic E-state index is 0.0336. The Kier molecular flexibility index (Phi) is 6.42. The highest BCUT2D eigenvalue weighted by Crippen LogP contribution is 2.30. The first-order chi connectivity index (χ1) is 13.5. The van der Waals surface area contributed by atoms with Crippen LogP contribution >= 0.6 is 0 Å². The lowest BCUT2D eigenvalue weighted by Crippen LogP contribution is -2.30. The van der Waals surface area contributed by atoms with Crippen LogP contribution in [0.15, 0.2) is 42.5 Å². The Morgan fingerprint density at radius 3 is 2.45 bits per heavy atom. The molecule has 2 aromatic carbocycles. The van der Waals surface area contributed by atoms with Crippen LogP contribution in [0, 0.1) is 10.1 Å². The monoisotopic (exact) mass is 412 g/mol. The molecule has 0 aliphatic rings. The van der Waals surface area contributed by atoms with E-state index in [9.17, 15) is 32.9 Å². The molecule has 0 fully saturated rings. The molecule has 1 amide bonds. The fourth-order valence-electron chi connectivity index (χ4n) is 2.25. The normalized spacial score (nSPS) is 12.0. The Hall–Kier alpha value is -3.63. The number of hydrogen-bond acceptors (Lipinski definition) is 6. The van der Waals surface area contributed by atoms with Crippen LogP contribution in [0.5, 0.6) is 5.75 Å². The van der Waals surface area contributed by atoms with Gasteiger partial charge in [0, 0.05) is 12.1 Å². The van der Waals surface area contributed by atoms with Gasteiger partial charge in [0.2, 0.25) is 0 Å². The number of non-ortho nitro benzene ring substituents is 1. The Morgan fingerprint density at radius 2 is 1.86 bits per heavy atom. The molecule has 0 heterocycles. The minimum atomic E-state index is -4.64. The largest absolute Gasteiger partial charge is 0.495 e. The number of nitro benzene ring substituents is 1. The molecule has 0 unspecified atom stereocenters. The third-order valence-electron chi connectivity index (χ3n) is 3.73. The second-order valence-corrected chi connectivity index (χ2v) is 5.76. The summed E-state index contributed by atoms with van der Waals surface area (Å²) >= 11 is 0. The van der Waals surface area contributed by atoms with Gasteiger partial charge in [-0.3, -0.25) is 14.9 Å². The Balaban J connectivity index is 2.13. The molecular weight excluding hydrogens is 397 g/mol. The average molecular weight is 412 g/mol. The van der Waals surface area contributed by atoms with Gasteiger partial charge >= 0.3 is 12.1 Å². The topological polar surface area (TPSA) is 108 Å². The van der Waals surface area contributed by atoms with Crippen LogP contribution in [0.2, 0.25) is 0 Å². The first-order valence-corrected chi connectivity index (χ1v) is 8.04. The molecule has 1 N–H and O–H groups in total. The maximum absolute atomic E-state index is 12.7. The van der Waals surface area contributed by atoms with E-state index in [1.54, 1.807) is 0 Å². The number of benzene rings is 2. The third-order valence-corrected chi connectivity index (χ3v) is 3.73. The van der Waals surface area contributed by atoms with Gasteiger partial charge in [0.25, 0.3) is 11.6 Å². The van der Waals surface area contributed by atoms with Crippen LogP contribution in [-0.2, 0) is 15.7 Å². The van der Waals surface area contributed by atoms with E-state index in [0.717, 1.165) is 24.3 Å². The molecule has 2 rings (SSSR count). The van der Waals surface area contributed by atoms with Gasteiger partial charge in [-0.15, -0.1) is 0 Å². The summed E-state index contributed by atoms with van der Waals surface area (Å²) < 4.78 is 48.1. The summed E-state index contributed by atoms with van der Waals surface area (Å²) in [5.41, 5.74) is -1.76. The number of ether oxygens (including phenoxy) is 2. The van der Waals surface area contributed by atoms with E-state index in [1.807, 2.05) is 0 Å². The number of hydrogen-bond donors (Lipinski definition) is 1. The van der Waals surface area contributed by atoms with Crippen LogP contribution in [0.25, 0.3) is 0 Å². The van der Waals surface area contributed by atoms with Gasteiger partial charge in [-0.1, -0.05) is 6.07 Å². The first-order valence-electron chi connectivity index (χ1n) is 8.04. The number of esters is 1. The molecule has 0 aliphatic carbocycles. The van der Waals surface area contributed by atoms with E-state index in [2.05, 4.69) is 5.32 Å². The number of nitrogens with zero attached hydrogens (tertiary/aromatic N) is 1. The predicted molar refractivity (Wildman–Crippen MR) is 94.6 cm³/mol. The summed E-state index contributed by atoms with van der Waals surface area (Å²) in [6.07, 6.45) is -6.04. The Bertz CT molecular complexity index is 945. The zero-order valence-corrected chi connectivity index (χ0v) is 15.1. The van der Waals surface area contributed by atoms with Crippen molar-refractivity contribution in [3.05, 3.63) is 63.7 Å². The van der Waals surface area contributed by atoms with E-state index < -0.39 is 34.6 Å². The zero-order valence-electron chi connectivity index (χ0n) is 15.1. The van der Waals surface area contributed by atoms with Crippen molar-refractivity contribution in [2.45, 2.75) is 19.2 Å². The number of amides is 1. The molecular formula is C18H15F3N2O6. The fraction of sp³-hybridized carbons (Fsp3) is 0.222. The number of anilines is 1. The van der Waals surface area contributed by atoms with Crippen molar-refractivity contribution in [2.24, 2.45) is 0 Å². The second-order valence-electron chi connectivity index (χ2n) is 5.76. The number of halogens is 3. The van der Waals surface area contributed by atoms with Gasteiger partial charge < -0.3 is 14.8 Å². The van der Waals surface area contributed by atoms with Gasteiger partial charge in [-0.05, 0) is 31.2 Å². The number of alkyl halides is 3. The molecule has 2 aromatic rings. The van der Waals surface area contributed by atoms with Crippen LogP contribution in [0.3, 0.4) is 0 Å². The van der Waals surface area contributed by atoms with Crippen molar-refractivity contribution in [1.29, 1.82) is 0 Å². The molecule has 0 saturated heterocycles. The van der Waals surface area contributed by atoms with E-state index >= 15 is 0 Å². The number of methoxy groups -OCH3 is 1. The molecule has 1 atom stereocenters. The summed E-state index contributed by atoms with van der Waals surface area (Å²) in [6, 6.07) is 7.05. The van der Waals surface area contributed by atoms with Crippen molar-refractivity contribution in [3.8, 4) is 5.75 Å². The Labute approximate surface area is 162 Å². The number of carbonyl (C=O) groups is 2. The molecule has 0 radical (unpaired) electrons. The summed E-state index contributed by atoms with van der Waals surface area (Å²) in [6.45, 7) is 1.20. The van der Waals surface area contributed by atoms with E-state index in [-0.39, 0.29) is 22.7 Å². The SMILES string of the molecule is COc1ccc([N+](=O)[O-])cc1NC(=O)[C@H](C)OC(=O)c1cccc(C(F)(F)F)c1. The summed E-state index contributed by atoms with van der Waals surface area (Å²) in [7, 11) is 1.29. The number of rotatable bonds is 6. The van der Waals surface area contributed by atoms with Crippen molar-refractivity contribution in [2.75, 3.05) is 12.4 Å². The highest BCUT2D eigenvalue weighted by atomic mass is 19.4. The lowest BCUT2D eigenvalue weighted by molar-refractivity contribution is -0.384. The van der Waals surface area contributed by atoms with Gasteiger partial charge in [-0.2, -0.15) is 13.2 Å². The summed E-state index contributed by atoms with van der Waals surface area (Å²) in [5, 5.41) is 13.2. The lowest BCUT2D eigenvalue weighted by Gasteiger charge is -2.15. The van der Waals surface area contributed by atoms with E-state index in [0.29, 0.717) is 6.07 Å². The quantitative estimate of drug-likeness (QED) is 0.439. The molecule has 154 valence electrons. The second kappa shape index (κ2) is 8.59. The van der Waals surface area contributed by atoms with Crippen molar-refractivity contribution in [3.63, 3.8) is 0 Å². The smallest absolute Gasteiger partial charge is 0.416 e. The van der Waals surface area contributed by atoms with Crippen molar-refractivity contribution in [1.82, 2.24) is 0 Å². The fourth-order valence-corrected chi connectivity index (χ4v) is 2.25. The third kappa shape index (κ3) is 5.43. The molecule has 0 saturated carbocycles. The summed E-state index contributed by atoms with van der Waals surface area (Å²) in [5.74, 6) is -1.87. The van der Waals surface area contributed by atoms with Crippen molar-refractivity contribution >= 4 is 23.3 Å². The highest BCUT2D eigenvalue weighted by Gasteiger charge is 2.31. The van der Waals surface area contributed by atoms with Gasteiger partial charge in [0.05, 0.1) is 28.8 Å². The van der Waals surface area contributed by atoms with Gasteiger partial charge in [-0.25, -0.2) is 4.79 Å². The van der Waals surface area contributed by atoms with Crippen LogP contribution in [0.4, 0.5) is 24.5 Å². The van der Waals surface area contributed by atoms with Crippen molar-refractivity contribution < 1.29 is 37.2 Å². The maximum Gasteiger partial charge on any atom is 0.416 e. The van der Waals surface area contributed by atoms with E-state index in [4.69, 9.17) is 9.47 Å². The molecule has 0 aromatic heterocycles. The minimum Gasteiger partial charge on any atom is -0.495 e. The zero-order chi connectivity index (χ0) is 21.8. The molecule has 0 spiro atoms. The molecule has 29 heavy (non-hydrogen) atoms. The van der Waals surface area contributed by atoms with Gasteiger partial charge in [0.15, 0.2) is 6.10 Å². The average Bonchev–Trinajstić information content (AvgIpc) is 2.67. The molecule has 0 bridgehead atoms. The number of nitrogens with one attached hydrogen (secondary N) is 1. The number of nitro groups is 1. The van der Waals surface area contributed by atoms with Crippen LogP contribution in [0.1, 0.15) is 22.8 Å². The lowest BCUT2D eigenvalue weighted by atomic mass is 10.1. The maximum atomic E-state index is 12.7. The van der Waals surface area contributed by atoms with E-state index in [1.165, 1.54) is 26.2 Å². The molecule has 11 heteroatoms. The summed E-state index contributed by atoms with van der Waals surface area (Å²) in [4.78, 5) is 34.5. The first kappa shape index (κ1) is 21.7. The molecule has 8 nitrogen and oxygen atoms in total. The predicted octanol–water partition coefficient (Wildman–Crippen LogP) is 3.81.